The lowest BCUT2D eigenvalue weighted by atomic mass is 10.1. The van der Waals surface area contributed by atoms with E-state index in [2.05, 4.69) is 4.74 Å². The maximum absolute atomic E-state index is 12.9. The second kappa shape index (κ2) is 7.40. The molecule has 0 aliphatic heterocycles. The summed E-state index contributed by atoms with van der Waals surface area (Å²) < 4.78 is 15.9. The minimum absolute atomic E-state index is 0.106. The fourth-order valence-electron chi connectivity index (χ4n) is 2.42. The van der Waals surface area contributed by atoms with E-state index in [1.54, 1.807) is 12.1 Å². The number of hydrogen-bond acceptors (Lipinski definition) is 5. The van der Waals surface area contributed by atoms with E-state index in [9.17, 15) is 9.59 Å². The average Bonchev–Trinajstić information content (AvgIpc) is 2.62. The predicted octanol–water partition coefficient (Wildman–Crippen LogP) is 4.63. The first-order valence-electron chi connectivity index (χ1n) is 7.63. The van der Waals surface area contributed by atoms with Crippen LogP contribution in [0.1, 0.15) is 5.56 Å². The van der Waals surface area contributed by atoms with Gasteiger partial charge in [-0.05, 0) is 19.1 Å². The number of aryl methyl sites for hydroxylation is 1. The van der Waals surface area contributed by atoms with Gasteiger partial charge in [0.15, 0.2) is 18.0 Å². The third kappa shape index (κ3) is 3.54. The Labute approximate surface area is 159 Å². The summed E-state index contributed by atoms with van der Waals surface area (Å²) in [5.41, 5.74) is 1.37. The van der Waals surface area contributed by atoms with Gasteiger partial charge in [0, 0.05) is 10.6 Å². The normalized spacial score (nSPS) is 10.8. The van der Waals surface area contributed by atoms with E-state index < -0.39 is 18.0 Å². The van der Waals surface area contributed by atoms with E-state index in [4.69, 9.17) is 32.4 Å². The van der Waals surface area contributed by atoms with E-state index in [0.29, 0.717) is 5.56 Å². The number of ether oxygens (including phenoxy) is 2. The number of carbonyl (C=O) groups is 1. The number of rotatable bonds is 4. The van der Waals surface area contributed by atoms with Gasteiger partial charge in [0.2, 0.25) is 11.2 Å². The summed E-state index contributed by atoms with van der Waals surface area (Å²) in [7, 11) is 1.23. The molecule has 3 aromatic rings. The molecule has 0 amide bonds. The summed E-state index contributed by atoms with van der Waals surface area (Å²) in [4.78, 5) is 24.4. The molecule has 0 N–H and O–H groups in total. The van der Waals surface area contributed by atoms with Gasteiger partial charge in [-0.3, -0.25) is 4.79 Å². The Morgan fingerprint density at radius 3 is 2.50 bits per heavy atom. The summed E-state index contributed by atoms with van der Waals surface area (Å²) in [6.45, 7) is 1.51. The third-order valence-corrected chi connectivity index (χ3v) is 4.24. The highest BCUT2D eigenvalue weighted by atomic mass is 35.5. The summed E-state index contributed by atoms with van der Waals surface area (Å²) in [5.74, 6) is -0.552. The molecule has 0 saturated heterocycles. The van der Waals surface area contributed by atoms with Crippen LogP contribution in [0.4, 0.5) is 0 Å². The summed E-state index contributed by atoms with van der Waals surface area (Å²) >= 11 is 12.2. The summed E-state index contributed by atoms with van der Waals surface area (Å²) in [5, 5.41) is 0.660. The molecule has 1 heterocycles. The Kier molecular flexibility index (Phi) is 5.20. The van der Waals surface area contributed by atoms with Crippen molar-refractivity contribution in [3.8, 4) is 17.1 Å². The molecule has 0 fully saturated rings. The minimum Gasteiger partial charge on any atom is -0.474 e. The van der Waals surface area contributed by atoms with E-state index in [1.165, 1.54) is 19.2 Å². The van der Waals surface area contributed by atoms with Crippen LogP contribution in [0.15, 0.2) is 45.6 Å². The Bertz CT molecular complexity index is 1040. The number of methoxy groups -OCH3 is 1. The van der Waals surface area contributed by atoms with Crippen LogP contribution in [-0.4, -0.2) is 19.7 Å². The van der Waals surface area contributed by atoms with Crippen LogP contribution in [0, 0.1) is 6.92 Å². The number of esters is 1. The second-order valence-electron chi connectivity index (χ2n) is 5.58. The van der Waals surface area contributed by atoms with E-state index in [0.717, 1.165) is 5.56 Å². The highest BCUT2D eigenvalue weighted by molar-refractivity contribution is 6.38. The monoisotopic (exact) mass is 392 g/mol. The second-order valence-corrected chi connectivity index (χ2v) is 6.43. The smallest absolute Gasteiger partial charge is 0.343 e. The number of fused-ring (bicyclic) bond motifs is 1. The molecule has 0 aliphatic carbocycles. The van der Waals surface area contributed by atoms with Gasteiger partial charge in [-0.15, -0.1) is 0 Å². The molecule has 2 aromatic carbocycles. The van der Waals surface area contributed by atoms with Crippen LogP contribution >= 0.6 is 23.2 Å². The van der Waals surface area contributed by atoms with E-state index >= 15 is 0 Å². The first-order chi connectivity index (χ1) is 12.4. The quantitative estimate of drug-likeness (QED) is 0.605. The zero-order chi connectivity index (χ0) is 18.8. The van der Waals surface area contributed by atoms with Crippen LogP contribution in [-0.2, 0) is 9.53 Å². The molecule has 5 nitrogen and oxygen atoms in total. The van der Waals surface area contributed by atoms with Crippen molar-refractivity contribution in [2.75, 3.05) is 13.7 Å². The SMILES string of the molecule is COC(=O)COc1c(-c2ccc(C)cc2)oc2c(Cl)cc(Cl)cc2c1=O. The van der Waals surface area contributed by atoms with Gasteiger partial charge >= 0.3 is 5.97 Å². The lowest BCUT2D eigenvalue weighted by Crippen LogP contribution is -2.17. The molecule has 0 aliphatic rings. The molecule has 1 aromatic heterocycles. The molecule has 0 saturated carbocycles. The number of benzene rings is 2. The Morgan fingerprint density at radius 1 is 1.15 bits per heavy atom. The molecule has 0 spiro atoms. The van der Waals surface area contributed by atoms with Crippen LogP contribution in [0.3, 0.4) is 0 Å². The lowest BCUT2D eigenvalue weighted by Gasteiger charge is -2.12. The van der Waals surface area contributed by atoms with Crippen molar-refractivity contribution >= 4 is 40.1 Å². The summed E-state index contributed by atoms with van der Waals surface area (Å²) in [6, 6.07) is 10.2. The van der Waals surface area contributed by atoms with Crippen LogP contribution in [0.5, 0.6) is 5.75 Å². The van der Waals surface area contributed by atoms with Crippen molar-refractivity contribution in [1.82, 2.24) is 0 Å². The maximum atomic E-state index is 12.9. The van der Waals surface area contributed by atoms with Crippen molar-refractivity contribution in [2.45, 2.75) is 6.92 Å². The van der Waals surface area contributed by atoms with Gasteiger partial charge in [-0.2, -0.15) is 0 Å². The molecule has 134 valence electrons. The van der Waals surface area contributed by atoms with Crippen LogP contribution in [0.25, 0.3) is 22.3 Å². The van der Waals surface area contributed by atoms with Gasteiger partial charge < -0.3 is 13.9 Å². The maximum Gasteiger partial charge on any atom is 0.343 e. The first kappa shape index (κ1) is 18.3. The predicted molar refractivity (Wildman–Crippen MR) is 100 cm³/mol. The van der Waals surface area contributed by atoms with Gasteiger partial charge in [0.05, 0.1) is 17.5 Å². The lowest BCUT2D eigenvalue weighted by molar-refractivity contribution is -0.142. The van der Waals surface area contributed by atoms with Gasteiger partial charge in [0.1, 0.15) is 0 Å². The zero-order valence-electron chi connectivity index (χ0n) is 14.0. The Morgan fingerprint density at radius 2 is 1.85 bits per heavy atom. The van der Waals surface area contributed by atoms with Crippen molar-refractivity contribution in [1.29, 1.82) is 0 Å². The zero-order valence-corrected chi connectivity index (χ0v) is 15.5. The van der Waals surface area contributed by atoms with E-state index in [1.807, 2.05) is 19.1 Å². The fourth-order valence-corrected chi connectivity index (χ4v) is 2.95. The molecule has 0 radical (unpaired) electrons. The molecule has 0 bridgehead atoms. The van der Waals surface area contributed by atoms with Crippen molar-refractivity contribution in [3.05, 3.63) is 62.2 Å². The highest BCUT2D eigenvalue weighted by Gasteiger charge is 2.20. The Balaban J connectivity index is 2.27. The molecule has 7 heteroatoms. The third-order valence-electron chi connectivity index (χ3n) is 3.75. The average molecular weight is 393 g/mol. The fraction of sp³-hybridized carbons (Fsp3) is 0.158. The highest BCUT2D eigenvalue weighted by Crippen LogP contribution is 2.35. The van der Waals surface area contributed by atoms with Gasteiger partial charge in [-0.25, -0.2) is 4.79 Å². The van der Waals surface area contributed by atoms with Gasteiger partial charge in [0.25, 0.3) is 0 Å². The van der Waals surface area contributed by atoms with Crippen LogP contribution < -0.4 is 10.2 Å². The molecule has 0 unspecified atom stereocenters. The standard InChI is InChI=1S/C19H14Cl2O5/c1-10-3-5-11(6-4-10)17-19(25-9-15(22)24-2)16(23)13-7-12(20)8-14(21)18(13)26-17/h3-8H,9H2,1-2H3. The van der Waals surface area contributed by atoms with Crippen molar-refractivity contribution < 1.29 is 18.7 Å². The Hall–Kier alpha value is -2.50. The van der Waals surface area contributed by atoms with Crippen molar-refractivity contribution in [3.63, 3.8) is 0 Å². The molecule has 0 atom stereocenters. The summed E-state index contributed by atoms with van der Waals surface area (Å²) in [6.07, 6.45) is 0. The number of halogens is 2. The first-order valence-corrected chi connectivity index (χ1v) is 8.39. The topological polar surface area (TPSA) is 65.7 Å². The minimum atomic E-state index is -0.622. The molecular weight excluding hydrogens is 379 g/mol. The van der Waals surface area contributed by atoms with Gasteiger partial charge in [-0.1, -0.05) is 53.0 Å². The largest absolute Gasteiger partial charge is 0.474 e. The molecule has 3 rings (SSSR count). The number of hydrogen-bond donors (Lipinski definition) is 0. The molecule has 26 heavy (non-hydrogen) atoms. The number of carbonyl (C=O) groups excluding carboxylic acids is 1. The van der Waals surface area contributed by atoms with E-state index in [-0.39, 0.29) is 32.5 Å². The van der Waals surface area contributed by atoms with Crippen molar-refractivity contribution in [2.24, 2.45) is 0 Å². The van der Waals surface area contributed by atoms with Crippen LogP contribution in [0.2, 0.25) is 10.0 Å². The molecular formula is C19H14Cl2O5.